The second-order valence-electron chi connectivity index (χ2n) is 4.79. The second kappa shape index (κ2) is 4.52. The van der Waals surface area contributed by atoms with Crippen molar-refractivity contribution in [1.82, 2.24) is 4.98 Å². The predicted octanol–water partition coefficient (Wildman–Crippen LogP) is 4.05. The molecule has 2 aromatic rings. The molecule has 94 valence electrons. The van der Waals surface area contributed by atoms with Crippen LogP contribution in [0.25, 0.3) is 16.5 Å². The molecule has 1 aliphatic rings. The van der Waals surface area contributed by atoms with E-state index in [0.29, 0.717) is 0 Å². The maximum absolute atomic E-state index is 5.56. The summed E-state index contributed by atoms with van der Waals surface area (Å²) in [6.07, 6.45) is 4.98. The molecule has 0 saturated carbocycles. The van der Waals surface area contributed by atoms with Gasteiger partial charge < -0.3 is 9.72 Å². The van der Waals surface area contributed by atoms with Gasteiger partial charge in [0.05, 0.1) is 12.9 Å². The van der Waals surface area contributed by atoms with Crippen LogP contribution in [0.15, 0.2) is 24.5 Å². The number of hydrogen-bond acceptors (Lipinski definition) is 1. The number of benzene rings is 1. The van der Waals surface area contributed by atoms with Gasteiger partial charge in [0.15, 0.2) is 0 Å². The molecule has 0 spiro atoms. The van der Waals surface area contributed by atoms with Crippen molar-refractivity contribution in [2.24, 2.45) is 0 Å². The van der Waals surface area contributed by atoms with Crippen LogP contribution >= 0.6 is 0 Å². The van der Waals surface area contributed by atoms with Crippen LogP contribution in [0.3, 0.4) is 0 Å². The summed E-state index contributed by atoms with van der Waals surface area (Å²) in [7, 11) is 0. The number of hydrogen-bond donors (Lipinski definition) is 1. The Kier molecular flexibility index (Phi) is 2.86. The fraction of sp³-hybridized carbons (Fsp3) is 0.375. The quantitative estimate of drug-likeness (QED) is 0.842. The lowest BCUT2D eigenvalue weighted by atomic mass is 10.0. The molecule has 0 bridgehead atoms. The molecule has 1 N–H and O–H groups in total. The van der Waals surface area contributed by atoms with E-state index in [1.165, 1.54) is 33.3 Å². The number of aromatic amines is 1. The van der Waals surface area contributed by atoms with Crippen LogP contribution in [0.4, 0.5) is 0 Å². The van der Waals surface area contributed by atoms with Gasteiger partial charge in [-0.1, -0.05) is 32.0 Å². The third-order valence-electron chi connectivity index (χ3n) is 3.81. The van der Waals surface area contributed by atoms with Gasteiger partial charge in [-0.25, -0.2) is 0 Å². The maximum Gasteiger partial charge on any atom is 0.0914 e. The summed E-state index contributed by atoms with van der Waals surface area (Å²) in [4.78, 5) is 3.63. The van der Waals surface area contributed by atoms with Crippen LogP contribution in [-0.4, -0.2) is 11.6 Å². The van der Waals surface area contributed by atoms with Gasteiger partial charge in [0.25, 0.3) is 0 Å². The van der Waals surface area contributed by atoms with E-state index in [0.717, 1.165) is 25.9 Å². The molecule has 0 saturated heterocycles. The molecule has 2 nitrogen and oxygen atoms in total. The zero-order valence-corrected chi connectivity index (χ0v) is 11.0. The summed E-state index contributed by atoms with van der Waals surface area (Å²) >= 11 is 0. The molecule has 2 heteroatoms. The van der Waals surface area contributed by atoms with Gasteiger partial charge in [0, 0.05) is 28.6 Å². The van der Waals surface area contributed by atoms with Gasteiger partial charge >= 0.3 is 0 Å². The third kappa shape index (κ3) is 1.64. The molecule has 0 aliphatic carbocycles. The van der Waals surface area contributed by atoms with E-state index in [2.05, 4.69) is 37.0 Å². The minimum absolute atomic E-state index is 0.778. The van der Waals surface area contributed by atoms with Crippen LogP contribution in [-0.2, 0) is 17.6 Å². The summed E-state index contributed by atoms with van der Waals surface area (Å²) < 4.78 is 5.56. The second-order valence-corrected chi connectivity index (χ2v) is 4.79. The molecule has 0 fully saturated rings. The highest BCUT2D eigenvalue weighted by Gasteiger charge is 2.17. The predicted molar refractivity (Wildman–Crippen MR) is 75.6 cm³/mol. The zero-order valence-electron chi connectivity index (χ0n) is 11.0. The number of rotatable bonds is 2. The Morgan fingerprint density at radius 3 is 2.89 bits per heavy atom. The smallest absolute Gasteiger partial charge is 0.0914 e. The molecule has 18 heavy (non-hydrogen) atoms. The van der Waals surface area contributed by atoms with Crippen molar-refractivity contribution in [1.29, 1.82) is 0 Å². The minimum Gasteiger partial charge on any atom is -0.500 e. The lowest BCUT2D eigenvalue weighted by molar-refractivity contribution is 0.257. The first-order chi connectivity index (χ1) is 8.85. The Morgan fingerprint density at radius 2 is 2.11 bits per heavy atom. The average molecular weight is 241 g/mol. The van der Waals surface area contributed by atoms with Gasteiger partial charge in [0.1, 0.15) is 0 Å². The third-order valence-corrected chi connectivity index (χ3v) is 3.81. The number of aryl methyl sites for hydroxylation is 1. The molecule has 1 aromatic carbocycles. The SMILES string of the molecule is CCC1=COCCc2c1[nH]c1c(CC)cccc21. The molecule has 0 unspecified atom stereocenters. The van der Waals surface area contributed by atoms with Gasteiger partial charge in [-0.3, -0.25) is 0 Å². The van der Waals surface area contributed by atoms with Crippen molar-refractivity contribution in [2.45, 2.75) is 33.1 Å². The highest BCUT2D eigenvalue weighted by atomic mass is 16.5. The lowest BCUT2D eigenvalue weighted by Gasteiger charge is -2.01. The van der Waals surface area contributed by atoms with E-state index in [-0.39, 0.29) is 0 Å². The molecule has 2 heterocycles. The van der Waals surface area contributed by atoms with E-state index < -0.39 is 0 Å². The first-order valence-corrected chi connectivity index (χ1v) is 6.78. The topological polar surface area (TPSA) is 25.0 Å². The molecule has 0 radical (unpaired) electrons. The standard InChI is InChI=1S/C16H19NO/c1-3-11-6-5-7-13-14-8-9-18-10-12(4-2)16(14)17-15(11)13/h5-7,10,17H,3-4,8-9H2,1-2H3. The van der Waals surface area contributed by atoms with E-state index in [1.54, 1.807) is 0 Å². The van der Waals surface area contributed by atoms with Crippen LogP contribution in [0.5, 0.6) is 0 Å². The summed E-state index contributed by atoms with van der Waals surface area (Å²) in [6, 6.07) is 6.60. The van der Waals surface area contributed by atoms with Gasteiger partial charge in [-0.2, -0.15) is 0 Å². The molecule has 0 atom stereocenters. The van der Waals surface area contributed by atoms with Gasteiger partial charge in [-0.15, -0.1) is 0 Å². The number of aromatic nitrogens is 1. The Labute approximate surface area is 108 Å². The largest absolute Gasteiger partial charge is 0.500 e. The van der Waals surface area contributed by atoms with E-state index in [9.17, 15) is 0 Å². The van der Waals surface area contributed by atoms with Crippen molar-refractivity contribution in [3.63, 3.8) is 0 Å². The monoisotopic (exact) mass is 241 g/mol. The fourth-order valence-corrected chi connectivity index (χ4v) is 2.80. The van der Waals surface area contributed by atoms with Crippen molar-refractivity contribution in [3.05, 3.63) is 41.3 Å². The van der Waals surface area contributed by atoms with E-state index in [1.807, 2.05) is 6.26 Å². The number of nitrogens with one attached hydrogen (secondary N) is 1. The van der Waals surface area contributed by atoms with Crippen LogP contribution < -0.4 is 0 Å². The molecular weight excluding hydrogens is 222 g/mol. The molecule has 0 amide bonds. The fourth-order valence-electron chi connectivity index (χ4n) is 2.80. The highest BCUT2D eigenvalue weighted by molar-refractivity contribution is 5.91. The van der Waals surface area contributed by atoms with Crippen molar-refractivity contribution in [3.8, 4) is 0 Å². The summed E-state index contributed by atoms with van der Waals surface area (Å²) in [5.74, 6) is 0. The molecule has 3 rings (SSSR count). The molecular formula is C16H19NO. The minimum atomic E-state index is 0.778. The van der Waals surface area contributed by atoms with Gasteiger partial charge in [-0.05, 0) is 24.0 Å². The van der Waals surface area contributed by atoms with E-state index in [4.69, 9.17) is 4.74 Å². The van der Waals surface area contributed by atoms with Crippen molar-refractivity contribution < 1.29 is 4.74 Å². The zero-order chi connectivity index (χ0) is 12.5. The average Bonchev–Trinajstić information content (AvgIpc) is 2.65. The van der Waals surface area contributed by atoms with Gasteiger partial charge in [0.2, 0.25) is 0 Å². The Balaban J connectivity index is 2.29. The van der Waals surface area contributed by atoms with Crippen LogP contribution in [0, 0.1) is 0 Å². The highest BCUT2D eigenvalue weighted by Crippen LogP contribution is 2.32. The Hall–Kier alpha value is -1.70. The normalized spacial score (nSPS) is 14.9. The molecule has 1 aromatic heterocycles. The van der Waals surface area contributed by atoms with E-state index >= 15 is 0 Å². The maximum atomic E-state index is 5.56. The first-order valence-electron chi connectivity index (χ1n) is 6.78. The van der Waals surface area contributed by atoms with Crippen LogP contribution in [0.2, 0.25) is 0 Å². The van der Waals surface area contributed by atoms with Crippen LogP contribution in [0.1, 0.15) is 37.1 Å². The van der Waals surface area contributed by atoms with Crippen molar-refractivity contribution in [2.75, 3.05) is 6.61 Å². The van der Waals surface area contributed by atoms with Crippen molar-refractivity contribution >= 4 is 16.5 Å². The first kappa shape index (κ1) is 11.4. The number of H-pyrrole nitrogens is 1. The number of fused-ring (bicyclic) bond motifs is 3. The lowest BCUT2D eigenvalue weighted by Crippen LogP contribution is -1.92. The number of para-hydroxylation sites is 1. The number of ether oxygens (including phenoxy) is 1. The summed E-state index contributed by atoms with van der Waals surface area (Å²) in [6.45, 7) is 5.16. The Bertz CT molecular complexity index is 607. The summed E-state index contributed by atoms with van der Waals surface area (Å²) in [5.41, 5.74) is 6.70. The number of allylic oxidation sites excluding steroid dienone is 1. The molecule has 1 aliphatic heterocycles. The summed E-state index contributed by atoms with van der Waals surface area (Å²) in [5, 5.41) is 1.37. The Morgan fingerprint density at radius 1 is 1.22 bits per heavy atom.